The Morgan fingerprint density at radius 3 is 2.53 bits per heavy atom. The van der Waals surface area contributed by atoms with Crippen LogP contribution in [0.5, 0.6) is 5.75 Å². The number of rotatable bonds is 2. The van der Waals surface area contributed by atoms with Gasteiger partial charge in [-0.15, -0.1) is 0 Å². The summed E-state index contributed by atoms with van der Waals surface area (Å²) in [6.45, 7) is 9.54. The van der Waals surface area contributed by atoms with Crippen molar-refractivity contribution in [2.24, 2.45) is 0 Å². The van der Waals surface area contributed by atoms with E-state index < -0.39 is 0 Å². The minimum absolute atomic E-state index is 0.0271. The summed E-state index contributed by atoms with van der Waals surface area (Å²) in [4.78, 5) is 0. The summed E-state index contributed by atoms with van der Waals surface area (Å²) < 4.78 is 5.37. The molecule has 1 heterocycles. The van der Waals surface area contributed by atoms with Gasteiger partial charge in [0, 0.05) is 19.6 Å². The van der Waals surface area contributed by atoms with Crippen LogP contribution in [0.3, 0.4) is 0 Å². The third-order valence-corrected chi connectivity index (χ3v) is 3.63. The molecule has 1 atom stereocenters. The van der Waals surface area contributed by atoms with E-state index >= 15 is 0 Å². The zero-order chi connectivity index (χ0) is 12.5. The molecule has 1 fully saturated rings. The van der Waals surface area contributed by atoms with Gasteiger partial charge in [-0.1, -0.05) is 6.07 Å². The number of benzene rings is 1. The summed E-state index contributed by atoms with van der Waals surface area (Å²) in [5, 5.41) is 7.07. The Kier molecular flexibility index (Phi) is 3.40. The maximum atomic E-state index is 5.37. The Hall–Kier alpha value is -1.06. The van der Waals surface area contributed by atoms with Crippen molar-refractivity contribution in [3.63, 3.8) is 0 Å². The molecule has 1 saturated heterocycles. The molecule has 3 heteroatoms. The summed E-state index contributed by atoms with van der Waals surface area (Å²) in [6, 6.07) is 4.38. The second-order valence-corrected chi connectivity index (χ2v) is 5.07. The molecule has 0 amide bonds. The van der Waals surface area contributed by atoms with Gasteiger partial charge in [0.2, 0.25) is 0 Å². The monoisotopic (exact) mass is 234 g/mol. The van der Waals surface area contributed by atoms with Gasteiger partial charge >= 0.3 is 0 Å². The third kappa shape index (κ3) is 2.31. The lowest BCUT2D eigenvalue weighted by Crippen LogP contribution is -2.55. The topological polar surface area (TPSA) is 33.3 Å². The zero-order valence-corrected chi connectivity index (χ0v) is 11.2. The van der Waals surface area contributed by atoms with Crippen LogP contribution >= 0.6 is 0 Å². The molecule has 1 aromatic carbocycles. The van der Waals surface area contributed by atoms with Crippen LogP contribution in [0, 0.1) is 13.8 Å². The maximum absolute atomic E-state index is 5.37. The Labute approximate surface area is 104 Å². The summed E-state index contributed by atoms with van der Waals surface area (Å²) >= 11 is 0. The smallest absolute Gasteiger partial charge is 0.122 e. The van der Waals surface area contributed by atoms with E-state index in [1.54, 1.807) is 7.11 Å². The van der Waals surface area contributed by atoms with Crippen LogP contribution in [0.4, 0.5) is 0 Å². The largest absolute Gasteiger partial charge is 0.496 e. The molecule has 0 spiro atoms. The van der Waals surface area contributed by atoms with Crippen LogP contribution in [0.1, 0.15) is 23.6 Å². The van der Waals surface area contributed by atoms with Crippen LogP contribution in [0.25, 0.3) is 0 Å². The molecule has 2 N–H and O–H groups in total. The zero-order valence-electron chi connectivity index (χ0n) is 11.2. The highest BCUT2D eigenvalue weighted by Crippen LogP contribution is 2.30. The van der Waals surface area contributed by atoms with Crippen molar-refractivity contribution >= 4 is 0 Å². The van der Waals surface area contributed by atoms with Crippen molar-refractivity contribution in [2.75, 3.05) is 26.7 Å². The van der Waals surface area contributed by atoms with Crippen molar-refractivity contribution in [3.05, 3.63) is 28.8 Å². The van der Waals surface area contributed by atoms with Gasteiger partial charge in [-0.05, 0) is 43.5 Å². The van der Waals surface area contributed by atoms with Crippen molar-refractivity contribution in [2.45, 2.75) is 26.3 Å². The normalized spacial score (nSPS) is 24.7. The molecule has 0 aromatic heterocycles. The van der Waals surface area contributed by atoms with Crippen LogP contribution < -0.4 is 15.4 Å². The van der Waals surface area contributed by atoms with Crippen LogP contribution in [-0.2, 0) is 5.54 Å². The highest BCUT2D eigenvalue weighted by Gasteiger charge is 2.30. The van der Waals surface area contributed by atoms with E-state index in [9.17, 15) is 0 Å². The second-order valence-electron chi connectivity index (χ2n) is 5.07. The van der Waals surface area contributed by atoms with E-state index in [4.69, 9.17) is 4.74 Å². The molecule has 1 unspecified atom stereocenters. The number of hydrogen-bond acceptors (Lipinski definition) is 3. The SMILES string of the molecule is COc1cc(C)c(C2(C)CNCCN2)cc1C. The molecule has 1 aromatic rings. The van der Waals surface area contributed by atoms with Crippen molar-refractivity contribution < 1.29 is 4.74 Å². The second kappa shape index (κ2) is 4.67. The summed E-state index contributed by atoms with van der Waals surface area (Å²) in [6.07, 6.45) is 0. The van der Waals surface area contributed by atoms with Crippen LogP contribution in [0.2, 0.25) is 0 Å². The molecular weight excluding hydrogens is 212 g/mol. The Morgan fingerprint density at radius 1 is 1.18 bits per heavy atom. The molecule has 0 saturated carbocycles. The highest BCUT2D eigenvalue weighted by atomic mass is 16.5. The Bertz CT molecular complexity index is 409. The summed E-state index contributed by atoms with van der Waals surface area (Å²) in [7, 11) is 1.73. The lowest BCUT2D eigenvalue weighted by Gasteiger charge is -2.37. The molecule has 0 aliphatic carbocycles. The molecule has 94 valence electrons. The van der Waals surface area contributed by atoms with Gasteiger partial charge in [0.1, 0.15) is 5.75 Å². The van der Waals surface area contributed by atoms with Gasteiger partial charge in [0.05, 0.1) is 12.6 Å². The molecule has 2 rings (SSSR count). The third-order valence-electron chi connectivity index (χ3n) is 3.63. The predicted octanol–water partition coefficient (Wildman–Crippen LogP) is 1.72. The van der Waals surface area contributed by atoms with E-state index in [0.29, 0.717) is 0 Å². The fourth-order valence-electron chi connectivity index (χ4n) is 2.62. The van der Waals surface area contributed by atoms with Crippen LogP contribution in [0.15, 0.2) is 12.1 Å². The molecule has 0 radical (unpaired) electrons. The molecule has 1 aliphatic heterocycles. The number of aryl methyl sites for hydroxylation is 2. The Balaban J connectivity index is 2.41. The molecule has 17 heavy (non-hydrogen) atoms. The van der Waals surface area contributed by atoms with Gasteiger partial charge in [-0.3, -0.25) is 0 Å². The summed E-state index contributed by atoms with van der Waals surface area (Å²) in [5.74, 6) is 0.971. The molecule has 3 nitrogen and oxygen atoms in total. The fourth-order valence-corrected chi connectivity index (χ4v) is 2.62. The van der Waals surface area contributed by atoms with Gasteiger partial charge in [0.25, 0.3) is 0 Å². The van der Waals surface area contributed by atoms with Crippen LogP contribution in [-0.4, -0.2) is 26.7 Å². The average Bonchev–Trinajstić information content (AvgIpc) is 2.32. The standard InChI is InChI=1S/C14H22N2O/c1-10-8-13(17-4)11(2)7-12(10)14(3)9-15-5-6-16-14/h7-8,15-16H,5-6,9H2,1-4H3. The number of piperazine rings is 1. The fraction of sp³-hybridized carbons (Fsp3) is 0.571. The van der Waals surface area contributed by atoms with Crippen molar-refractivity contribution in [1.29, 1.82) is 0 Å². The number of hydrogen-bond donors (Lipinski definition) is 2. The minimum atomic E-state index is 0.0271. The lowest BCUT2D eigenvalue weighted by atomic mass is 9.86. The predicted molar refractivity (Wildman–Crippen MR) is 70.7 cm³/mol. The van der Waals surface area contributed by atoms with E-state index in [1.165, 1.54) is 16.7 Å². The van der Waals surface area contributed by atoms with E-state index in [-0.39, 0.29) is 5.54 Å². The quantitative estimate of drug-likeness (QED) is 0.817. The van der Waals surface area contributed by atoms with Gasteiger partial charge in [-0.2, -0.15) is 0 Å². The first kappa shape index (κ1) is 12.4. The maximum Gasteiger partial charge on any atom is 0.122 e. The number of nitrogens with one attached hydrogen (secondary N) is 2. The molecule has 0 bridgehead atoms. The first-order chi connectivity index (χ1) is 8.07. The number of ether oxygens (including phenoxy) is 1. The first-order valence-corrected chi connectivity index (χ1v) is 6.18. The Morgan fingerprint density at radius 2 is 1.94 bits per heavy atom. The lowest BCUT2D eigenvalue weighted by molar-refractivity contribution is 0.301. The van der Waals surface area contributed by atoms with E-state index in [0.717, 1.165) is 25.4 Å². The molecule has 1 aliphatic rings. The molecular formula is C14H22N2O. The minimum Gasteiger partial charge on any atom is -0.496 e. The summed E-state index contributed by atoms with van der Waals surface area (Å²) in [5.41, 5.74) is 3.87. The average molecular weight is 234 g/mol. The first-order valence-electron chi connectivity index (χ1n) is 6.18. The van der Waals surface area contributed by atoms with E-state index in [2.05, 4.69) is 43.5 Å². The van der Waals surface area contributed by atoms with Crippen molar-refractivity contribution in [3.8, 4) is 5.75 Å². The van der Waals surface area contributed by atoms with Gasteiger partial charge in [0.15, 0.2) is 0 Å². The highest BCUT2D eigenvalue weighted by molar-refractivity contribution is 5.44. The number of methoxy groups -OCH3 is 1. The van der Waals surface area contributed by atoms with Crippen molar-refractivity contribution in [1.82, 2.24) is 10.6 Å². The van der Waals surface area contributed by atoms with Gasteiger partial charge < -0.3 is 15.4 Å². The van der Waals surface area contributed by atoms with E-state index in [1.807, 2.05) is 0 Å². The van der Waals surface area contributed by atoms with Gasteiger partial charge in [-0.25, -0.2) is 0 Å².